The van der Waals surface area contributed by atoms with Gasteiger partial charge in [0.1, 0.15) is 0 Å². The van der Waals surface area contributed by atoms with Gasteiger partial charge >= 0.3 is 0 Å². The van der Waals surface area contributed by atoms with Crippen LogP contribution in [0.25, 0.3) is 66.2 Å². The van der Waals surface area contributed by atoms with E-state index in [1.54, 1.807) is 0 Å². The number of ether oxygens (including phenoxy) is 4. The molecule has 0 radical (unpaired) electrons. The van der Waals surface area contributed by atoms with Gasteiger partial charge in [0.05, 0.1) is 145 Å². The maximum Gasteiger partial charge on any atom is 0.223 e. The topological polar surface area (TPSA) is 478 Å². The lowest BCUT2D eigenvalue weighted by atomic mass is 9.76. The Morgan fingerprint density at radius 1 is 0.316 bits per heavy atom. The maximum atomic E-state index is 14.4. The van der Waals surface area contributed by atoms with Crippen molar-refractivity contribution in [3.63, 3.8) is 0 Å². The van der Waals surface area contributed by atoms with Crippen LogP contribution in [0.4, 0.5) is 64.1 Å². The maximum absolute atomic E-state index is 14.4. The van der Waals surface area contributed by atoms with Crippen LogP contribution in [0, 0.1) is 23.3 Å². The molecule has 40 nitrogen and oxygen atoms in total. The second kappa shape index (κ2) is 34.2. The third kappa shape index (κ3) is 16.0. The van der Waals surface area contributed by atoms with Gasteiger partial charge in [-0.3, -0.25) is 18.7 Å². The summed E-state index contributed by atoms with van der Waals surface area (Å²) in [6, 6.07) is 11.6. The van der Waals surface area contributed by atoms with Crippen LogP contribution in [-0.2, 0) is 0 Å². The Kier molecular flexibility index (Phi) is 22.3. The van der Waals surface area contributed by atoms with Crippen LogP contribution in [0.5, 0.6) is 23.0 Å². The molecular formula is C92H108F4N32O8. The number of nitrogen functional groups attached to an aromatic ring is 4. The number of methoxy groups -OCH3 is 4. The predicted molar refractivity (Wildman–Crippen MR) is 498 cm³/mol. The number of piperidine rings is 4. The van der Waals surface area contributed by atoms with Crippen molar-refractivity contribution in [3.05, 3.63) is 145 Å². The van der Waals surface area contributed by atoms with E-state index < -0.39 is 45.7 Å². The highest BCUT2D eigenvalue weighted by Gasteiger charge is 2.47. The van der Waals surface area contributed by atoms with E-state index in [1.165, 1.54) is 95.0 Å². The summed E-state index contributed by atoms with van der Waals surface area (Å²) >= 11 is 0. The number of halogens is 4. The van der Waals surface area contributed by atoms with Gasteiger partial charge in [-0.15, -0.1) is 20.4 Å². The van der Waals surface area contributed by atoms with E-state index in [-0.39, 0.29) is 94.6 Å². The summed E-state index contributed by atoms with van der Waals surface area (Å²) in [6.45, 7) is 14.0. The normalized spacial score (nSPS) is 25.1. The lowest BCUT2D eigenvalue weighted by Gasteiger charge is -2.42. The molecule has 8 aliphatic rings. The van der Waals surface area contributed by atoms with Gasteiger partial charge in [0.25, 0.3) is 0 Å². The lowest BCUT2D eigenvalue weighted by molar-refractivity contribution is -0.0740. The number of nitrogens with two attached hydrogens (primary N) is 4. The summed E-state index contributed by atoms with van der Waals surface area (Å²) in [5.74, 6) is 2.24. The minimum atomic E-state index is -0.700. The van der Waals surface area contributed by atoms with Crippen molar-refractivity contribution in [1.82, 2.24) is 117 Å². The Bertz CT molecular complexity index is 6440. The Hall–Kier alpha value is -13.9. The lowest BCUT2D eigenvalue weighted by Crippen LogP contribution is -2.45. The summed E-state index contributed by atoms with van der Waals surface area (Å²) in [5, 5.41) is 80.4. The average Bonchev–Trinajstić information content (AvgIpc) is 1.59. The Balaban J connectivity index is 0.000000108. The molecule has 0 unspecified atom stereocenters. The van der Waals surface area contributed by atoms with Crippen molar-refractivity contribution in [3.8, 4) is 23.0 Å². The van der Waals surface area contributed by atoms with Crippen molar-refractivity contribution in [2.24, 2.45) is 0 Å². The molecule has 4 aliphatic heterocycles. The van der Waals surface area contributed by atoms with Crippen molar-refractivity contribution in [2.45, 2.75) is 201 Å². The number of benzene rings is 4. The Labute approximate surface area is 775 Å². The van der Waals surface area contributed by atoms with Crippen LogP contribution in [0.2, 0.25) is 0 Å². The predicted octanol–water partition coefficient (Wildman–Crippen LogP) is 10.7. The number of rotatable bonds is 16. The molecule has 0 spiro atoms. The minimum Gasteiger partial charge on any atom is -0.494 e. The van der Waals surface area contributed by atoms with E-state index in [4.69, 9.17) is 61.8 Å². The molecule has 8 fully saturated rings. The van der Waals surface area contributed by atoms with Crippen LogP contribution in [0.15, 0.2) is 98.1 Å². The van der Waals surface area contributed by atoms with Crippen molar-refractivity contribution in [1.29, 1.82) is 0 Å². The summed E-state index contributed by atoms with van der Waals surface area (Å²) in [6.07, 6.45) is 30.1. The molecule has 12 N–H and O–H groups in total. The number of aliphatic hydroxyl groups is 4. The molecule has 4 aromatic carbocycles. The minimum absolute atomic E-state index is 0.0183. The molecule has 44 heteroatoms. The third-order valence-corrected chi connectivity index (χ3v) is 29.1. The van der Waals surface area contributed by atoms with Crippen LogP contribution < -0.4 is 61.5 Å². The van der Waals surface area contributed by atoms with Gasteiger partial charge in [0.15, 0.2) is 92.2 Å². The summed E-state index contributed by atoms with van der Waals surface area (Å²) in [5.41, 5.74) is 29.9. The van der Waals surface area contributed by atoms with Crippen LogP contribution in [-0.4, -0.2) is 241 Å². The fourth-order valence-corrected chi connectivity index (χ4v) is 20.7. The first-order valence-electron chi connectivity index (χ1n) is 46.2. The SMILES string of the molecule is COc1cc2nc(N)n3nc([C@@H]4CCCN(c5cnn([C@@H]6CC[C@@]6(C)O)c5)C4)nc3c2cc1F.COc1cc2nc(N)n3nc([C@@H]4CCCN(c5cnn([C@@H]6CC[C@]6(C)O)c5)C4)nc3c2cc1F.COc1cc2nc(N)n3nc([C@@H]4CCCN(c5cnn([C@H]6CC[C@@]6(C)O)c5)C4)nc3c2cc1F.COc1cc2nc(N)n3nc([C@@H]4CCCN(c5cnn([C@H]6CC[C@]6(C)O)c5)C4)nc3c2cc1F. The molecule has 0 amide bonds. The van der Waals surface area contributed by atoms with Gasteiger partial charge in [-0.2, -0.15) is 38.5 Å². The second-order valence-electron chi connectivity index (χ2n) is 38.2. The zero-order chi connectivity index (χ0) is 94.4. The Morgan fingerprint density at radius 2 is 0.529 bits per heavy atom. The first kappa shape index (κ1) is 88.7. The van der Waals surface area contributed by atoms with Gasteiger partial charge in [0, 0.05) is 147 Å². The van der Waals surface area contributed by atoms with E-state index in [2.05, 4.69) is 80.3 Å². The van der Waals surface area contributed by atoms with Crippen molar-refractivity contribution >= 4 is 113 Å². The van der Waals surface area contributed by atoms with Gasteiger partial charge < -0.3 is 81.9 Å². The van der Waals surface area contributed by atoms with E-state index in [0.29, 0.717) is 89.5 Å². The van der Waals surface area contributed by atoms with Gasteiger partial charge in [0.2, 0.25) is 23.8 Å². The number of hydrogen-bond donors (Lipinski definition) is 8. The number of anilines is 8. The number of hydrogen-bond acceptors (Lipinski definition) is 32. The fraction of sp³-hybridized carbons (Fsp3) is 0.478. The van der Waals surface area contributed by atoms with Gasteiger partial charge in [-0.05, 0) is 155 Å². The van der Waals surface area contributed by atoms with E-state index in [9.17, 15) is 38.0 Å². The zero-order valence-electron chi connectivity index (χ0n) is 76.6. The fourth-order valence-electron chi connectivity index (χ4n) is 20.7. The molecule has 16 heterocycles. The summed E-state index contributed by atoms with van der Waals surface area (Å²) in [7, 11) is 5.64. The number of nitrogens with zero attached hydrogens (tertiary/aromatic N) is 28. The largest absolute Gasteiger partial charge is 0.494 e. The molecule has 4 saturated heterocycles. The second-order valence-corrected chi connectivity index (χ2v) is 38.2. The number of fused-ring (bicyclic) bond motifs is 12. The molecule has 24 rings (SSSR count). The first-order valence-corrected chi connectivity index (χ1v) is 46.2. The molecule has 712 valence electrons. The molecular weight excluding hydrogens is 1760 g/mol. The Morgan fingerprint density at radius 3 is 0.713 bits per heavy atom. The monoisotopic (exact) mass is 1860 g/mol. The molecule has 12 aromatic heterocycles. The quantitative estimate of drug-likeness (QED) is 0.0417. The average molecular weight is 1870 g/mol. The zero-order valence-corrected chi connectivity index (χ0v) is 76.6. The van der Waals surface area contributed by atoms with Crippen LogP contribution in [0.1, 0.15) is 202 Å². The smallest absolute Gasteiger partial charge is 0.223 e. The summed E-state index contributed by atoms with van der Waals surface area (Å²) < 4.78 is 91.4. The molecule has 4 aliphatic carbocycles. The van der Waals surface area contributed by atoms with Crippen molar-refractivity contribution < 1.29 is 56.9 Å². The van der Waals surface area contributed by atoms with Gasteiger partial charge in [-0.1, -0.05) is 0 Å². The number of aromatic nitrogens is 24. The van der Waals surface area contributed by atoms with E-state index in [0.717, 1.165) is 178 Å². The van der Waals surface area contributed by atoms with E-state index in [1.807, 2.05) is 96.0 Å². The molecule has 136 heavy (non-hydrogen) atoms. The van der Waals surface area contributed by atoms with Crippen LogP contribution >= 0.6 is 0 Å². The first-order chi connectivity index (χ1) is 65.3. The summed E-state index contributed by atoms with van der Waals surface area (Å²) in [4.78, 5) is 45.7. The highest BCUT2D eigenvalue weighted by Crippen LogP contribution is 2.48. The van der Waals surface area contributed by atoms with Crippen LogP contribution in [0.3, 0.4) is 0 Å². The highest BCUT2D eigenvalue weighted by atomic mass is 19.1. The third-order valence-electron chi connectivity index (χ3n) is 29.1. The molecule has 4 saturated carbocycles. The standard InChI is InChI=1S/4C23H27FN8O2/c4*1-23(33)6-5-19(23)31-12-14(10-26-31)30-7-3-4-13(11-30)20-28-21-15-8-16(24)18(34-2)9-17(15)27-22(25)32(21)29-20/h4*8-10,12-13,19,33H,3-7,11H2,1-2H3,(H2,25,27)/t13-,19+,23+;13-,19+,23-;13-,19-,23+;13-,19-,23-/m1111/s1. The molecule has 12 atom stereocenters. The molecule has 0 bridgehead atoms. The van der Waals surface area contributed by atoms with Gasteiger partial charge in [-0.25, -0.2) is 57.4 Å². The molecule has 16 aromatic rings. The highest BCUT2D eigenvalue weighted by molar-refractivity contribution is 5.96. The van der Waals surface area contributed by atoms with Crippen molar-refractivity contribution in [2.75, 3.05) is 123 Å². The van der Waals surface area contributed by atoms with E-state index >= 15 is 0 Å².